The van der Waals surface area contributed by atoms with E-state index in [0.717, 1.165) is 29.7 Å². The molecule has 33 heavy (non-hydrogen) atoms. The van der Waals surface area contributed by atoms with Gasteiger partial charge in [-0.2, -0.15) is 0 Å². The first kappa shape index (κ1) is 22.3. The lowest BCUT2D eigenvalue weighted by molar-refractivity contribution is -1.03. The molecular weight excluding hydrogens is 525 g/mol. The number of benzene rings is 3. The fourth-order valence-electron chi connectivity index (χ4n) is 5.30. The van der Waals surface area contributed by atoms with Gasteiger partial charge in [-0.1, -0.05) is 60.7 Å². The number of halogens is 1. The first-order chi connectivity index (χ1) is 16.1. The second-order valence-corrected chi connectivity index (χ2v) is 10.1. The number of quaternary nitrogens is 2. The molecule has 168 valence electrons. The van der Waals surface area contributed by atoms with Crippen molar-refractivity contribution in [1.82, 2.24) is 0 Å². The third kappa shape index (κ3) is 4.60. The number of hydrogen-bond acceptors (Lipinski definition) is 2. The van der Waals surface area contributed by atoms with Crippen LogP contribution in [0.4, 0.5) is 5.69 Å². The molecule has 2 N–H and O–H groups in total. The van der Waals surface area contributed by atoms with Crippen molar-refractivity contribution in [2.45, 2.75) is 18.5 Å². The molecule has 0 radical (unpaired) electrons. The van der Waals surface area contributed by atoms with E-state index in [1.54, 1.807) is 0 Å². The van der Waals surface area contributed by atoms with Crippen LogP contribution >= 0.6 is 22.6 Å². The van der Waals surface area contributed by atoms with E-state index in [-0.39, 0.29) is 23.9 Å². The number of imide groups is 1. The summed E-state index contributed by atoms with van der Waals surface area (Å²) in [7, 11) is 0. The fraction of sp³-hybridized carbons (Fsp3) is 0.259. The molecule has 0 aliphatic carbocycles. The Balaban J connectivity index is 1.31. The van der Waals surface area contributed by atoms with Crippen molar-refractivity contribution in [3.05, 3.63) is 99.6 Å². The van der Waals surface area contributed by atoms with E-state index in [9.17, 15) is 9.59 Å². The normalized spacial score (nSPS) is 23.3. The summed E-state index contributed by atoms with van der Waals surface area (Å²) in [6.07, 6.45) is 0.302. The Morgan fingerprint density at radius 2 is 1.30 bits per heavy atom. The van der Waals surface area contributed by atoms with E-state index in [1.807, 2.05) is 24.3 Å². The number of nitrogens with zero attached hydrogens (tertiary/aromatic N) is 1. The summed E-state index contributed by atoms with van der Waals surface area (Å²) in [6, 6.07) is 29.0. The number of carbonyl (C=O) groups excluding carboxylic acids is 2. The van der Waals surface area contributed by atoms with Crippen molar-refractivity contribution < 1.29 is 19.4 Å². The van der Waals surface area contributed by atoms with Gasteiger partial charge in [0.1, 0.15) is 32.2 Å². The SMILES string of the molecule is O=C1C[C@@H]([NH+]2CC[NH+](C(c3ccccc3)c3ccccc3)CC2)C(=O)N1c1ccc(I)cc1. The Morgan fingerprint density at radius 3 is 1.85 bits per heavy atom. The second-order valence-electron chi connectivity index (χ2n) is 8.87. The van der Waals surface area contributed by atoms with E-state index in [2.05, 4.69) is 83.3 Å². The molecular formula is C27H28IN3O2+2. The average molecular weight is 553 g/mol. The van der Waals surface area contributed by atoms with E-state index in [0.29, 0.717) is 12.1 Å². The molecule has 5 nitrogen and oxygen atoms in total. The van der Waals surface area contributed by atoms with Gasteiger partial charge >= 0.3 is 0 Å². The Bertz CT molecular complexity index is 1070. The molecule has 0 aromatic heterocycles. The lowest BCUT2D eigenvalue weighted by Gasteiger charge is -2.36. The minimum Gasteiger partial charge on any atom is -0.316 e. The Labute approximate surface area is 208 Å². The molecule has 0 saturated carbocycles. The van der Waals surface area contributed by atoms with E-state index in [1.165, 1.54) is 25.8 Å². The molecule has 2 fully saturated rings. The van der Waals surface area contributed by atoms with Gasteiger partial charge in [0.15, 0.2) is 6.04 Å². The third-order valence-corrected chi connectivity index (χ3v) is 7.65. The Morgan fingerprint density at radius 1 is 0.758 bits per heavy atom. The summed E-state index contributed by atoms with van der Waals surface area (Å²) in [4.78, 5) is 30.1. The maximum atomic E-state index is 13.2. The highest BCUT2D eigenvalue weighted by molar-refractivity contribution is 14.1. The highest BCUT2D eigenvalue weighted by Crippen LogP contribution is 2.23. The van der Waals surface area contributed by atoms with Crippen LogP contribution in [-0.4, -0.2) is 44.0 Å². The highest BCUT2D eigenvalue weighted by Gasteiger charge is 2.47. The predicted octanol–water partition coefficient (Wildman–Crippen LogP) is 1.50. The molecule has 3 aromatic carbocycles. The van der Waals surface area contributed by atoms with E-state index < -0.39 is 0 Å². The molecule has 2 aliphatic rings. The zero-order valence-corrected chi connectivity index (χ0v) is 20.6. The zero-order valence-electron chi connectivity index (χ0n) is 18.4. The van der Waals surface area contributed by atoms with Crippen LogP contribution in [0.15, 0.2) is 84.9 Å². The van der Waals surface area contributed by atoms with Gasteiger partial charge in [-0.05, 0) is 46.9 Å². The van der Waals surface area contributed by atoms with Gasteiger partial charge in [0.05, 0.1) is 12.1 Å². The van der Waals surface area contributed by atoms with Crippen LogP contribution in [0.2, 0.25) is 0 Å². The minimum atomic E-state index is -0.273. The van der Waals surface area contributed by atoms with Gasteiger partial charge in [0, 0.05) is 14.7 Å². The summed E-state index contributed by atoms with van der Waals surface area (Å²) < 4.78 is 1.09. The van der Waals surface area contributed by atoms with Gasteiger partial charge in [-0.25, -0.2) is 4.90 Å². The molecule has 2 aliphatic heterocycles. The minimum absolute atomic E-state index is 0.0534. The Kier molecular flexibility index (Phi) is 6.57. The molecule has 6 heteroatoms. The molecule has 5 rings (SSSR count). The third-order valence-electron chi connectivity index (χ3n) is 6.93. The summed E-state index contributed by atoms with van der Waals surface area (Å²) in [5.41, 5.74) is 3.32. The summed E-state index contributed by atoms with van der Waals surface area (Å²) >= 11 is 2.23. The predicted molar refractivity (Wildman–Crippen MR) is 136 cm³/mol. The van der Waals surface area contributed by atoms with Gasteiger partial charge in [0.25, 0.3) is 5.91 Å². The van der Waals surface area contributed by atoms with Crippen LogP contribution in [0.25, 0.3) is 0 Å². The van der Waals surface area contributed by atoms with Gasteiger partial charge in [-0.15, -0.1) is 0 Å². The largest absolute Gasteiger partial charge is 0.316 e. The maximum absolute atomic E-state index is 13.2. The number of anilines is 1. The molecule has 3 aromatic rings. The Hall–Kier alpha value is -2.55. The van der Waals surface area contributed by atoms with Crippen molar-refractivity contribution in [3.8, 4) is 0 Å². The summed E-state index contributed by atoms with van der Waals surface area (Å²) in [5, 5.41) is 0. The summed E-state index contributed by atoms with van der Waals surface area (Å²) in [6.45, 7) is 3.70. The number of rotatable bonds is 5. The lowest BCUT2D eigenvalue weighted by atomic mass is 9.96. The number of hydrogen-bond donors (Lipinski definition) is 2. The van der Waals surface area contributed by atoms with Crippen LogP contribution in [0.1, 0.15) is 23.6 Å². The standard InChI is InChI=1S/C27H26IN3O2/c28-22-11-13-23(14-12-22)31-25(32)19-24(27(31)33)29-15-17-30(18-16-29)26(20-7-3-1-4-8-20)21-9-5-2-6-10-21/h1-14,24,26H,15-19H2/p+2/t24-/m1/s1. The first-order valence-electron chi connectivity index (χ1n) is 11.5. The van der Waals surface area contributed by atoms with E-state index in [4.69, 9.17) is 0 Å². The van der Waals surface area contributed by atoms with Crippen LogP contribution in [0.5, 0.6) is 0 Å². The topological polar surface area (TPSA) is 46.3 Å². The number of carbonyl (C=O) groups is 2. The molecule has 0 bridgehead atoms. The smallest absolute Gasteiger partial charge is 0.292 e. The van der Waals surface area contributed by atoms with Crippen LogP contribution in [0, 0.1) is 3.57 Å². The molecule has 1 atom stereocenters. The molecule has 2 saturated heterocycles. The van der Waals surface area contributed by atoms with Crippen molar-refractivity contribution in [3.63, 3.8) is 0 Å². The van der Waals surface area contributed by atoms with E-state index >= 15 is 0 Å². The first-order valence-corrected chi connectivity index (χ1v) is 12.6. The lowest BCUT2D eigenvalue weighted by Crippen LogP contribution is -3.30. The monoisotopic (exact) mass is 553 g/mol. The average Bonchev–Trinajstić information content (AvgIpc) is 3.15. The second kappa shape index (κ2) is 9.75. The molecule has 0 unspecified atom stereocenters. The van der Waals surface area contributed by atoms with Crippen LogP contribution in [0.3, 0.4) is 0 Å². The number of piperazine rings is 1. The number of amides is 2. The molecule has 2 amide bonds. The number of nitrogens with one attached hydrogen (secondary N) is 2. The highest BCUT2D eigenvalue weighted by atomic mass is 127. The fourth-order valence-corrected chi connectivity index (χ4v) is 5.66. The summed E-state index contributed by atoms with van der Waals surface area (Å²) in [5.74, 6) is -0.137. The van der Waals surface area contributed by atoms with Crippen LogP contribution < -0.4 is 14.7 Å². The van der Waals surface area contributed by atoms with Crippen molar-refractivity contribution in [2.75, 3.05) is 31.1 Å². The molecule has 0 spiro atoms. The molecule has 2 heterocycles. The zero-order chi connectivity index (χ0) is 22.8. The van der Waals surface area contributed by atoms with Crippen molar-refractivity contribution in [1.29, 1.82) is 0 Å². The van der Waals surface area contributed by atoms with Gasteiger partial charge < -0.3 is 9.80 Å². The maximum Gasteiger partial charge on any atom is 0.292 e. The van der Waals surface area contributed by atoms with Gasteiger partial charge in [0.2, 0.25) is 5.91 Å². The van der Waals surface area contributed by atoms with Crippen molar-refractivity contribution in [2.24, 2.45) is 0 Å². The quantitative estimate of drug-likeness (QED) is 0.372. The van der Waals surface area contributed by atoms with Crippen LogP contribution in [-0.2, 0) is 9.59 Å². The van der Waals surface area contributed by atoms with Crippen molar-refractivity contribution >= 4 is 40.1 Å². The van der Waals surface area contributed by atoms with Gasteiger partial charge in [-0.3, -0.25) is 9.59 Å².